The summed E-state index contributed by atoms with van der Waals surface area (Å²) < 4.78 is 0. The van der Waals surface area contributed by atoms with E-state index >= 15 is 0 Å². The van der Waals surface area contributed by atoms with E-state index < -0.39 is 35.5 Å². The molecular weight excluding hydrogens is 172 g/mol. The highest BCUT2D eigenvalue weighted by Crippen LogP contribution is 1.99. The van der Waals surface area contributed by atoms with Crippen LogP contribution in [0.5, 0.6) is 0 Å². The number of carbonyl (C=O) groups is 4. The molecule has 4 nitrogen and oxygen atoms in total. The second-order valence-electron chi connectivity index (χ2n) is 3.10. The molecule has 0 radical (unpaired) electrons. The number of ketones is 4. The SMILES string of the molecule is CC(=O)C(=O)CC(=O)C(=O)C(C)C. The summed E-state index contributed by atoms with van der Waals surface area (Å²) in [5.41, 5.74) is 0. The molecule has 0 atom stereocenters. The van der Waals surface area contributed by atoms with Crippen molar-refractivity contribution in [1.82, 2.24) is 0 Å². The summed E-state index contributed by atoms with van der Waals surface area (Å²) in [5, 5.41) is 0. The van der Waals surface area contributed by atoms with Crippen molar-refractivity contribution in [3.05, 3.63) is 0 Å². The van der Waals surface area contributed by atoms with E-state index in [-0.39, 0.29) is 0 Å². The van der Waals surface area contributed by atoms with E-state index in [9.17, 15) is 19.2 Å². The van der Waals surface area contributed by atoms with Gasteiger partial charge < -0.3 is 0 Å². The molecule has 0 bridgehead atoms. The summed E-state index contributed by atoms with van der Waals surface area (Å²) in [6, 6.07) is 0. The summed E-state index contributed by atoms with van der Waals surface area (Å²) in [7, 11) is 0. The molecule has 0 rings (SSSR count). The van der Waals surface area contributed by atoms with Gasteiger partial charge in [0.1, 0.15) is 0 Å². The maximum atomic E-state index is 11.0. The Kier molecular flexibility index (Phi) is 4.17. The lowest BCUT2D eigenvalue weighted by atomic mass is 10.0. The first-order valence-electron chi connectivity index (χ1n) is 3.97. The van der Waals surface area contributed by atoms with Gasteiger partial charge in [0.15, 0.2) is 5.78 Å². The number of carbonyl (C=O) groups excluding carboxylic acids is 4. The van der Waals surface area contributed by atoms with E-state index in [0.29, 0.717) is 0 Å². The Hall–Kier alpha value is -1.32. The molecule has 0 fully saturated rings. The highest BCUT2D eigenvalue weighted by Gasteiger charge is 2.21. The van der Waals surface area contributed by atoms with Gasteiger partial charge in [0.2, 0.25) is 17.3 Å². The molecule has 0 N–H and O–H groups in total. The van der Waals surface area contributed by atoms with Gasteiger partial charge >= 0.3 is 0 Å². The van der Waals surface area contributed by atoms with Gasteiger partial charge in [-0.05, 0) is 0 Å². The fourth-order valence-corrected chi connectivity index (χ4v) is 0.679. The first kappa shape index (κ1) is 11.7. The molecule has 0 aromatic heterocycles. The third kappa shape index (κ3) is 3.73. The van der Waals surface area contributed by atoms with Gasteiger partial charge in [-0.1, -0.05) is 13.8 Å². The molecule has 0 aliphatic rings. The van der Waals surface area contributed by atoms with E-state index in [4.69, 9.17) is 0 Å². The van der Waals surface area contributed by atoms with Gasteiger partial charge in [0.05, 0.1) is 6.42 Å². The van der Waals surface area contributed by atoms with Gasteiger partial charge in [0.25, 0.3) is 0 Å². The summed E-state index contributed by atoms with van der Waals surface area (Å²) in [6.07, 6.45) is -0.591. The third-order valence-electron chi connectivity index (χ3n) is 1.51. The highest BCUT2D eigenvalue weighted by molar-refractivity contribution is 6.48. The van der Waals surface area contributed by atoms with Crippen molar-refractivity contribution in [2.45, 2.75) is 27.2 Å². The maximum absolute atomic E-state index is 11.0. The van der Waals surface area contributed by atoms with Crippen LogP contribution in [0.15, 0.2) is 0 Å². The lowest BCUT2D eigenvalue weighted by Crippen LogP contribution is -2.24. The average molecular weight is 184 g/mol. The van der Waals surface area contributed by atoms with Gasteiger partial charge in [0, 0.05) is 12.8 Å². The quantitative estimate of drug-likeness (QED) is 0.456. The lowest BCUT2D eigenvalue weighted by molar-refractivity contribution is -0.142. The monoisotopic (exact) mass is 184 g/mol. The van der Waals surface area contributed by atoms with Gasteiger partial charge in [-0.3, -0.25) is 19.2 Å². The molecule has 4 heteroatoms. The van der Waals surface area contributed by atoms with Crippen LogP contribution in [0.3, 0.4) is 0 Å². The van der Waals surface area contributed by atoms with Gasteiger partial charge in [-0.25, -0.2) is 0 Å². The van der Waals surface area contributed by atoms with Gasteiger partial charge in [-0.2, -0.15) is 0 Å². The minimum Gasteiger partial charge on any atom is -0.291 e. The van der Waals surface area contributed by atoms with Crippen molar-refractivity contribution in [3.63, 3.8) is 0 Å². The average Bonchev–Trinajstić information content (AvgIpc) is 2.02. The largest absolute Gasteiger partial charge is 0.291 e. The predicted octanol–water partition coefficient (Wildman–Crippen LogP) is 0.329. The topological polar surface area (TPSA) is 68.3 Å². The predicted molar refractivity (Wildman–Crippen MR) is 45.2 cm³/mol. The second kappa shape index (κ2) is 4.64. The molecule has 0 aliphatic heterocycles. The van der Waals surface area contributed by atoms with Crippen molar-refractivity contribution in [1.29, 1.82) is 0 Å². The number of Topliss-reactive ketones (excluding diaryl/α,β-unsaturated/α-hetero) is 4. The molecule has 0 saturated heterocycles. The highest BCUT2D eigenvalue weighted by atomic mass is 16.2. The Morgan fingerprint density at radius 2 is 1.46 bits per heavy atom. The van der Waals surface area contributed by atoms with Crippen LogP contribution >= 0.6 is 0 Å². The van der Waals surface area contributed by atoms with Crippen molar-refractivity contribution in [2.75, 3.05) is 0 Å². The summed E-state index contributed by atoms with van der Waals surface area (Å²) in [4.78, 5) is 43.2. The molecule has 0 unspecified atom stereocenters. The standard InChI is InChI=1S/C9H12O4/c1-5(2)9(13)8(12)4-7(11)6(3)10/h5H,4H2,1-3H3. The van der Waals surface area contributed by atoms with Gasteiger partial charge in [-0.15, -0.1) is 0 Å². The van der Waals surface area contributed by atoms with E-state index in [0.717, 1.165) is 6.92 Å². The lowest BCUT2D eigenvalue weighted by Gasteiger charge is -2.00. The van der Waals surface area contributed by atoms with E-state index in [1.807, 2.05) is 0 Å². The van der Waals surface area contributed by atoms with E-state index in [1.54, 1.807) is 13.8 Å². The van der Waals surface area contributed by atoms with Crippen molar-refractivity contribution in [2.24, 2.45) is 5.92 Å². The molecular formula is C9H12O4. The Morgan fingerprint density at radius 3 is 1.77 bits per heavy atom. The van der Waals surface area contributed by atoms with Crippen LogP contribution in [0.25, 0.3) is 0 Å². The molecule has 72 valence electrons. The second-order valence-corrected chi connectivity index (χ2v) is 3.10. The first-order valence-corrected chi connectivity index (χ1v) is 3.97. The van der Waals surface area contributed by atoms with Crippen molar-refractivity contribution in [3.8, 4) is 0 Å². The fraction of sp³-hybridized carbons (Fsp3) is 0.556. The fourth-order valence-electron chi connectivity index (χ4n) is 0.679. The van der Waals surface area contributed by atoms with E-state index in [2.05, 4.69) is 0 Å². The zero-order valence-electron chi connectivity index (χ0n) is 7.92. The van der Waals surface area contributed by atoms with Crippen molar-refractivity contribution < 1.29 is 19.2 Å². The zero-order valence-corrected chi connectivity index (χ0v) is 7.92. The molecule has 0 saturated carbocycles. The summed E-state index contributed by atoms with van der Waals surface area (Å²) in [5.74, 6) is -3.30. The third-order valence-corrected chi connectivity index (χ3v) is 1.51. The Labute approximate surface area is 76.3 Å². The van der Waals surface area contributed by atoms with Crippen LogP contribution in [0, 0.1) is 5.92 Å². The minimum atomic E-state index is -0.806. The van der Waals surface area contributed by atoms with Crippen LogP contribution < -0.4 is 0 Å². The number of rotatable bonds is 5. The molecule has 13 heavy (non-hydrogen) atoms. The number of hydrogen-bond acceptors (Lipinski definition) is 4. The smallest absolute Gasteiger partial charge is 0.206 e. The minimum absolute atomic E-state index is 0.424. The molecule has 0 aromatic carbocycles. The maximum Gasteiger partial charge on any atom is 0.206 e. The Bertz CT molecular complexity index is 263. The molecule has 0 amide bonds. The van der Waals surface area contributed by atoms with Crippen molar-refractivity contribution >= 4 is 23.1 Å². The van der Waals surface area contributed by atoms with Crippen LogP contribution in [-0.4, -0.2) is 23.1 Å². The molecule has 0 heterocycles. The van der Waals surface area contributed by atoms with Crippen LogP contribution in [0.1, 0.15) is 27.2 Å². The zero-order chi connectivity index (χ0) is 10.6. The Balaban J connectivity index is 4.25. The molecule has 0 spiro atoms. The van der Waals surface area contributed by atoms with Crippen LogP contribution in [-0.2, 0) is 19.2 Å². The first-order chi connectivity index (χ1) is 5.86. The summed E-state index contributed by atoms with van der Waals surface area (Å²) in [6.45, 7) is 4.21. The normalized spacial score (nSPS) is 9.85. The van der Waals surface area contributed by atoms with E-state index in [1.165, 1.54) is 0 Å². The molecule has 0 aromatic rings. The van der Waals surface area contributed by atoms with Crippen LogP contribution in [0.2, 0.25) is 0 Å². The number of hydrogen-bond donors (Lipinski definition) is 0. The summed E-state index contributed by atoms with van der Waals surface area (Å²) >= 11 is 0. The Morgan fingerprint density at radius 1 is 1.00 bits per heavy atom. The molecule has 0 aliphatic carbocycles. The van der Waals surface area contributed by atoms with Crippen LogP contribution in [0.4, 0.5) is 0 Å².